The fourth-order valence-electron chi connectivity index (χ4n) is 5.37. The Morgan fingerprint density at radius 3 is 2.74 bits per heavy atom. The van der Waals surface area contributed by atoms with Crippen LogP contribution in [0.1, 0.15) is 24.5 Å². The van der Waals surface area contributed by atoms with Gasteiger partial charge in [-0.2, -0.15) is 4.98 Å². The van der Waals surface area contributed by atoms with Crippen molar-refractivity contribution in [3.8, 4) is 5.69 Å². The molecule has 3 heterocycles. The number of rotatable bonds is 6. The van der Waals surface area contributed by atoms with Crippen LogP contribution in [0, 0.1) is 12.1 Å². The predicted molar refractivity (Wildman–Crippen MR) is 148 cm³/mol. The Bertz CT molecular complexity index is 1560. The number of aryl methyl sites for hydroxylation is 1. The van der Waals surface area contributed by atoms with Crippen LogP contribution in [0.5, 0.6) is 0 Å². The zero-order valence-electron chi connectivity index (χ0n) is 21.7. The summed E-state index contributed by atoms with van der Waals surface area (Å²) in [6.07, 6.45) is 4.73. The van der Waals surface area contributed by atoms with Gasteiger partial charge in [-0.25, -0.2) is 14.3 Å². The number of anilines is 3. The Balaban J connectivity index is 1.36. The van der Waals surface area contributed by atoms with Gasteiger partial charge in [-0.05, 0) is 74.3 Å². The second-order valence-corrected chi connectivity index (χ2v) is 10.3. The summed E-state index contributed by atoms with van der Waals surface area (Å²) in [4.78, 5) is 27.0. The molecule has 0 bridgehead atoms. The lowest BCUT2D eigenvalue weighted by molar-refractivity contribution is 0.0594. The number of allylic oxidation sites excluding steroid dienone is 1. The molecule has 0 saturated carbocycles. The van der Waals surface area contributed by atoms with E-state index in [2.05, 4.69) is 45.9 Å². The molecule has 2 aromatic carbocycles. The van der Waals surface area contributed by atoms with Gasteiger partial charge in [0.15, 0.2) is 5.65 Å². The van der Waals surface area contributed by atoms with Crippen molar-refractivity contribution in [2.24, 2.45) is 0 Å². The quantitative estimate of drug-likeness (QED) is 0.386. The fraction of sp³-hybridized carbons (Fsp3) is 0.345. The first-order valence-corrected chi connectivity index (χ1v) is 12.9. The van der Waals surface area contributed by atoms with Gasteiger partial charge in [-0.1, -0.05) is 12.1 Å². The zero-order valence-corrected chi connectivity index (χ0v) is 21.7. The highest BCUT2D eigenvalue weighted by Crippen LogP contribution is 2.37. The number of aliphatic hydroxyl groups is 1. The third-order valence-electron chi connectivity index (χ3n) is 7.60. The van der Waals surface area contributed by atoms with Gasteiger partial charge in [-0.3, -0.25) is 4.79 Å². The van der Waals surface area contributed by atoms with E-state index in [9.17, 15) is 9.90 Å². The molecule has 1 fully saturated rings. The average molecular weight is 510 g/mol. The molecule has 0 amide bonds. The molecule has 0 radical (unpaired) electrons. The van der Waals surface area contributed by atoms with E-state index in [4.69, 9.17) is 4.98 Å². The summed E-state index contributed by atoms with van der Waals surface area (Å²) in [5.74, 6) is 0.354. The maximum atomic E-state index is 13.3. The number of benzene rings is 1. The zero-order chi connectivity index (χ0) is 26.4. The summed E-state index contributed by atoms with van der Waals surface area (Å²) in [6.45, 7) is 9.94. The molecule has 194 valence electrons. The first-order valence-electron chi connectivity index (χ1n) is 12.9. The van der Waals surface area contributed by atoms with E-state index in [1.54, 1.807) is 21.6 Å². The number of nitrogens with zero attached hydrogens (tertiary/aromatic N) is 6. The summed E-state index contributed by atoms with van der Waals surface area (Å²) < 4.78 is 3.37. The molecule has 2 aromatic heterocycles. The minimum absolute atomic E-state index is 0.199. The molecule has 2 aliphatic rings. The van der Waals surface area contributed by atoms with Gasteiger partial charge in [0.05, 0.1) is 29.2 Å². The predicted octanol–water partition coefficient (Wildman–Crippen LogP) is 3.02. The van der Waals surface area contributed by atoms with Crippen molar-refractivity contribution in [1.29, 1.82) is 0 Å². The van der Waals surface area contributed by atoms with Crippen LogP contribution >= 0.6 is 0 Å². The first-order chi connectivity index (χ1) is 18.3. The van der Waals surface area contributed by atoms with E-state index >= 15 is 0 Å². The topological polar surface area (TPSA) is 91.5 Å². The normalized spacial score (nSPS) is 19.4. The van der Waals surface area contributed by atoms with Crippen LogP contribution in [-0.2, 0) is 18.6 Å². The van der Waals surface area contributed by atoms with Crippen molar-refractivity contribution in [2.45, 2.75) is 31.9 Å². The molecule has 38 heavy (non-hydrogen) atoms. The highest BCUT2D eigenvalue weighted by atomic mass is 16.3. The number of aromatic nitrogens is 4. The maximum Gasteiger partial charge on any atom is 0.278 e. The molecular formula is C29H31N7O2. The molecule has 4 aromatic rings. The number of fused-ring (bicyclic) bond motifs is 2. The number of piperazine rings is 1. The molecule has 6 rings (SSSR count). The van der Waals surface area contributed by atoms with Crippen molar-refractivity contribution >= 4 is 28.4 Å². The summed E-state index contributed by atoms with van der Waals surface area (Å²) >= 11 is 0. The van der Waals surface area contributed by atoms with Crippen molar-refractivity contribution in [1.82, 2.24) is 24.2 Å². The second kappa shape index (κ2) is 9.31. The van der Waals surface area contributed by atoms with Crippen molar-refractivity contribution in [3.63, 3.8) is 0 Å². The van der Waals surface area contributed by atoms with E-state index in [0.29, 0.717) is 35.6 Å². The van der Waals surface area contributed by atoms with Gasteiger partial charge in [0.1, 0.15) is 5.39 Å². The summed E-state index contributed by atoms with van der Waals surface area (Å²) in [5.41, 5.74) is 3.84. The standard InChI is InChI=1S/C29H31N7O2/c1-4-13-35-27(37)24-19-30-28(31-21-6-9-22(10-7-21)34-16-14-33(3)15-17-34)32-26(24)36(35)23-8-5-20-11-12-29(2,38)25(20)18-23/h4-6,8-9,18-19,38H,1,11-17H2,2-3H3,(H,30,31,32)/t29-/m0/s1. The average Bonchev–Trinajstić information content (AvgIpc) is 3.37. The van der Waals surface area contributed by atoms with E-state index in [0.717, 1.165) is 55.1 Å². The molecule has 1 saturated heterocycles. The molecule has 1 atom stereocenters. The second-order valence-electron chi connectivity index (χ2n) is 10.3. The molecule has 2 N–H and O–H groups in total. The van der Waals surface area contributed by atoms with Crippen molar-refractivity contribution in [3.05, 3.63) is 82.8 Å². The smallest absolute Gasteiger partial charge is 0.278 e. The molecule has 9 heteroatoms. The Morgan fingerprint density at radius 2 is 2.00 bits per heavy atom. The third-order valence-corrected chi connectivity index (χ3v) is 7.60. The Hall–Kier alpha value is -4.13. The van der Waals surface area contributed by atoms with Gasteiger partial charge in [0.25, 0.3) is 5.56 Å². The van der Waals surface area contributed by atoms with Gasteiger partial charge in [-0.15, -0.1) is 6.58 Å². The van der Waals surface area contributed by atoms with E-state index in [-0.39, 0.29) is 5.56 Å². The van der Waals surface area contributed by atoms with Crippen molar-refractivity contribution in [2.75, 3.05) is 43.4 Å². The van der Waals surface area contributed by atoms with Crippen molar-refractivity contribution < 1.29 is 5.11 Å². The van der Waals surface area contributed by atoms with Crippen LogP contribution in [0.4, 0.5) is 17.3 Å². The van der Waals surface area contributed by atoms with E-state index < -0.39 is 5.60 Å². The van der Waals surface area contributed by atoms with Crippen LogP contribution in [0.15, 0.2) is 54.0 Å². The van der Waals surface area contributed by atoms with E-state index in [1.165, 1.54) is 0 Å². The fourth-order valence-corrected chi connectivity index (χ4v) is 5.37. The highest BCUT2D eigenvalue weighted by Gasteiger charge is 2.32. The lowest BCUT2D eigenvalue weighted by Crippen LogP contribution is -2.44. The van der Waals surface area contributed by atoms with Gasteiger partial charge in [0, 0.05) is 32.4 Å². The number of hydrogen-bond acceptors (Lipinski definition) is 7. The number of hydrogen-bond donors (Lipinski definition) is 2. The SMILES string of the molecule is C=CCn1c(=O)c2cnc(Nc3c#cc(N4CCN(C)CC4)cc3)nc2n1-c1ccc2c(c1)[C@@](C)(O)CC2. The Kier molecular flexibility index (Phi) is 5.94. The van der Waals surface area contributed by atoms with Crippen LogP contribution in [0.3, 0.4) is 0 Å². The third kappa shape index (κ3) is 4.22. The van der Waals surface area contributed by atoms with Crippen LogP contribution in [0.2, 0.25) is 0 Å². The van der Waals surface area contributed by atoms with Crippen LogP contribution in [0.25, 0.3) is 16.7 Å². The highest BCUT2D eigenvalue weighted by molar-refractivity contribution is 5.77. The van der Waals surface area contributed by atoms with Gasteiger partial charge >= 0.3 is 0 Å². The number of likely N-dealkylation sites (N-methyl/N-ethyl adjacent to an activating group) is 1. The molecule has 9 nitrogen and oxygen atoms in total. The Morgan fingerprint density at radius 1 is 1.18 bits per heavy atom. The largest absolute Gasteiger partial charge is 0.385 e. The maximum absolute atomic E-state index is 13.3. The lowest BCUT2D eigenvalue weighted by Gasteiger charge is -2.33. The van der Waals surface area contributed by atoms with Gasteiger partial charge < -0.3 is 20.2 Å². The molecule has 0 unspecified atom stereocenters. The van der Waals surface area contributed by atoms with Crippen LogP contribution in [-0.4, -0.2) is 62.6 Å². The molecule has 1 aliphatic heterocycles. The van der Waals surface area contributed by atoms with Gasteiger partial charge in [0.2, 0.25) is 5.95 Å². The summed E-state index contributed by atoms with van der Waals surface area (Å²) in [6, 6.07) is 16.3. The molecular weight excluding hydrogens is 478 g/mol. The summed E-state index contributed by atoms with van der Waals surface area (Å²) in [5, 5.41) is 14.5. The van der Waals surface area contributed by atoms with E-state index in [1.807, 2.05) is 37.3 Å². The monoisotopic (exact) mass is 509 g/mol. The lowest BCUT2D eigenvalue weighted by atomic mass is 9.98. The molecule has 1 aliphatic carbocycles. The molecule has 0 spiro atoms. The minimum atomic E-state index is -0.901. The number of nitrogens with one attached hydrogen (secondary N) is 1. The Labute approximate surface area is 221 Å². The first kappa shape index (κ1) is 24.2. The van der Waals surface area contributed by atoms with Crippen LogP contribution < -0.4 is 15.8 Å². The summed E-state index contributed by atoms with van der Waals surface area (Å²) in [7, 11) is 2.13. The minimum Gasteiger partial charge on any atom is -0.385 e.